The second kappa shape index (κ2) is 8.10. The van der Waals surface area contributed by atoms with Crippen LogP contribution in [0.2, 0.25) is 0 Å². The lowest BCUT2D eigenvalue weighted by Gasteiger charge is -2.19. The number of amides is 2. The molecule has 128 valence electrons. The molecular formula is C17H23N5OS. The van der Waals surface area contributed by atoms with Gasteiger partial charge in [0.15, 0.2) is 0 Å². The number of anilines is 1. The number of nitrogens with one attached hydrogen (secondary N) is 2. The van der Waals surface area contributed by atoms with Gasteiger partial charge in [0.25, 0.3) is 0 Å². The van der Waals surface area contributed by atoms with Crippen LogP contribution in [0.15, 0.2) is 29.8 Å². The summed E-state index contributed by atoms with van der Waals surface area (Å²) in [5.74, 6) is 1.33. The lowest BCUT2D eigenvalue weighted by atomic mass is 9.94. The van der Waals surface area contributed by atoms with E-state index in [-0.39, 0.29) is 6.03 Å². The number of aromatic nitrogens is 3. The van der Waals surface area contributed by atoms with Crippen molar-refractivity contribution in [1.82, 2.24) is 20.1 Å². The van der Waals surface area contributed by atoms with Crippen molar-refractivity contribution < 1.29 is 4.79 Å². The second-order valence-electron chi connectivity index (χ2n) is 6.06. The van der Waals surface area contributed by atoms with E-state index in [0.717, 1.165) is 42.3 Å². The molecule has 0 bridgehead atoms. The van der Waals surface area contributed by atoms with Gasteiger partial charge < -0.3 is 5.32 Å². The molecule has 7 heteroatoms. The van der Waals surface area contributed by atoms with Gasteiger partial charge >= 0.3 is 6.03 Å². The third kappa shape index (κ3) is 4.67. The Morgan fingerprint density at radius 3 is 3.12 bits per heavy atom. The van der Waals surface area contributed by atoms with Crippen LogP contribution in [0.5, 0.6) is 0 Å². The van der Waals surface area contributed by atoms with Gasteiger partial charge in [-0.1, -0.05) is 12.2 Å². The summed E-state index contributed by atoms with van der Waals surface area (Å²) in [6.07, 6.45) is 10.3. The summed E-state index contributed by atoms with van der Waals surface area (Å²) in [6.45, 7) is 3.38. The first kappa shape index (κ1) is 16.7. The summed E-state index contributed by atoms with van der Waals surface area (Å²) in [6, 6.07) is 1.64. The normalized spacial score (nSPS) is 17.0. The predicted octanol–water partition coefficient (Wildman–Crippen LogP) is 3.37. The summed E-state index contributed by atoms with van der Waals surface area (Å²) in [5, 5.41) is 13.2. The third-order valence-corrected chi connectivity index (χ3v) is 5.08. The Balaban J connectivity index is 1.46. The van der Waals surface area contributed by atoms with E-state index in [1.807, 2.05) is 23.1 Å². The number of nitrogens with zero attached hydrogens (tertiary/aromatic N) is 3. The molecule has 3 rings (SSSR count). The average Bonchev–Trinajstić information content (AvgIpc) is 3.18. The minimum absolute atomic E-state index is 0.200. The smallest absolute Gasteiger partial charge is 0.320 e. The van der Waals surface area contributed by atoms with E-state index in [2.05, 4.69) is 32.9 Å². The molecule has 0 saturated carbocycles. The highest BCUT2D eigenvalue weighted by molar-refractivity contribution is 7.09. The Hall–Kier alpha value is -2.15. The van der Waals surface area contributed by atoms with Crippen molar-refractivity contribution in [3.05, 3.63) is 40.5 Å². The van der Waals surface area contributed by atoms with Gasteiger partial charge in [-0.3, -0.25) is 5.32 Å². The Morgan fingerprint density at radius 2 is 2.38 bits per heavy atom. The van der Waals surface area contributed by atoms with E-state index >= 15 is 0 Å². The largest absolute Gasteiger partial charge is 0.337 e. The van der Waals surface area contributed by atoms with Crippen LogP contribution in [0.25, 0.3) is 0 Å². The molecule has 0 saturated heterocycles. The molecule has 0 fully saturated rings. The molecule has 1 aliphatic rings. The molecule has 0 unspecified atom stereocenters. The molecule has 2 N–H and O–H groups in total. The Kier molecular flexibility index (Phi) is 5.63. The van der Waals surface area contributed by atoms with Gasteiger partial charge in [-0.25, -0.2) is 14.5 Å². The lowest BCUT2D eigenvalue weighted by Crippen LogP contribution is -2.31. The van der Waals surface area contributed by atoms with E-state index in [0.29, 0.717) is 12.5 Å². The van der Waals surface area contributed by atoms with E-state index in [1.165, 1.54) is 6.42 Å². The highest BCUT2D eigenvalue weighted by atomic mass is 32.1. The SMILES string of the molecule is Cc1csc(CCNC(=O)Nc2ccnn2C[C@@H]2CC=CCC2)n1. The van der Waals surface area contributed by atoms with Crippen LogP contribution in [-0.2, 0) is 13.0 Å². The van der Waals surface area contributed by atoms with Crippen LogP contribution in [0.4, 0.5) is 10.6 Å². The quantitative estimate of drug-likeness (QED) is 0.789. The Labute approximate surface area is 146 Å². The van der Waals surface area contributed by atoms with Crippen molar-refractivity contribution >= 4 is 23.2 Å². The summed E-state index contributed by atoms with van der Waals surface area (Å²) in [5.41, 5.74) is 1.03. The number of rotatable bonds is 6. The molecule has 0 aromatic carbocycles. The number of allylic oxidation sites excluding steroid dienone is 2. The number of hydrogen-bond acceptors (Lipinski definition) is 4. The van der Waals surface area contributed by atoms with E-state index < -0.39 is 0 Å². The zero-order chi connectivity index (χ0) is 16.8. The van der Waals surface area contributed by atoms with E-state index in [4.69, 9.17) is 0 Å². The molecule has 0 spiro atoms. The molecule has 24 heavy (non-hydrogen) atoms. The van der Waals surface area contributed by atoms with Gasteiger partial charge in [-0.05, 0) is 32.1 Å². The van der Waals surface area contributed by atoms with Gasteiger partial charge in [-0.2, -0.15) is 5.10 Å². The molecule has 1 aliphatic carbocycles. The maximum Gasteiger partial charge on any atom is 0.320 e. The van der Waals surface area contributed by atoms with Gasteiger partial charge in [0.05, 0.1) is 11.2 Å². The van der Waals surface area contributed by atoms with E-state index in [9.17, 15) is 4.79 Å². The molecule has 2 aromatic rings. The maximum atomic E-state index is 12.1. The summed E-state index contributed by atoms with van der Waals surface area (Å²) >= 11 is 1.63. The number of carbonyl (C=O) groups is 1. The fourth-order valence-corrected chi connectivity index (χ4v) is 3.59. The number of carbonyl (C=O) groups excluding carboxylic acids is 1. The number of urea groups is 1. The number of thiazole rings is 1. The van der Waals surface area contributed by atoms with Crippen LogP contribution in [0.1, 0.15) is 30.0 Å². The van der Waals surface area contributed by atoms with Gasteiger partial charge in [0.1, 0.15) is 5.82 Å². The molecule has 2 amide bonds. The van der Waals surface area contributed by atoms with E-state index in [1.54, 1.807) is 17.5 Å². The fraction of sp³-hybridized carbons (Fsp3) is 0.471. The van der Waals surface area contributed by atoms with Crippen LogP contribution >= 0.6 is 11.3 Å². The fourth-order valence-electron chi connectivity index (χ4n) is 2.81. The standard InChI is InChI=1S/C17H23N5OS/c1-13-12-24-16(20-13)8-9-18-17(23)21-15-7-10-19-22(15)11-14-5-3-2-4-6-14/h2-3,7,10,12,14H,4-6,8-9,11H2,1H3,(H2,18,21,23)/t14-/m1/s1. The number of aryl methyl sites for hydroxylation is 1. The molecular weight excluding hydrogens is 322 g/mol. The highest BCUT2D eigenvalue weighted by Gasteiger charge is 2.14. The molecule has 1 atom stereocenters. The summed E-state index contributed by atoms with van der Waals surface area (Å²) in [7, 11) is 0. The topological polar surface area (TPSA) is 71.8 Å². The highest BCUT2D eigenvalue weighted by Crippen LogP contribution is 2.21. The van der Waals surface area contributed by atoms with Crippen molar-refractivity contribution in [2.24, 2.45) is 5.92 Å². The Bertz CT molecular complexity index is 705. The maximum absolute atomic E-state index is 12.1. The third-order valence-electron chi connectivity index (χ3n) is 4.06. The van der Waals surface area contributed by atoms with Crippen molar-refractivity contribution in [3.63, 3.8) is 0 Å². The molecule has 0 radical (unpaired) electrons. The minimum atomic E-state index is -0.200. The average molecular weight is 345 g/mol. The second-order valence-corrected chi connectivity index (χ2v) is 7.01. The molecule has 2 aromatic heterocycles. The first-order chi connectivity index (χ1) is 11.7. The number of hydrogen-bond donors (Lipinski definition) is 2. The summed E-state index contributed by atoms with van der Waals surface area (Å²) in [4.78, 5) is 16.4. The van der Waals surface area contributed by atoms with Crippen molar-refractivity contribution in [2.45, 2.75) is 39.2 Å². The van der Waals surface area contributed by atoms with Crippen molar-refractivity contribution in [1.29, 1.82) is 0 Å². The van der Waals surface area contributed by atoms with Crippen LogP contribution in [0, 0.1) is 12.8 Å². The summed E-state index contributed by atoms with van der Waals surface area (Å²) < 4.78 is 1.88. The van der Waals surface area contributed by atoms with Crippen LogP contribution < -0.4 is 10.6 Å². The zero-order valence-corrected chi connectivity index (χ0v) is 14.7. The predicted molar refractivity (Wildman–Crippen MR) is 96.3 cm³/mol. The van der Waals surface area contributed by atoms with Crippen molar-refractivity contribution in [2.75, 3.05) is 11.9 Å². The lowest BCUT2D eigenvalue weighted by molar-refractivity contribution is 0.252. The Morgan fingerprint density at radius 1 is 1.46 bits per heavy atom. The first-order valence-corrected chi connectivity index (χ1v) is 9.21. The van der Waals surface area contributed by atoms with Gasteiger partial charge in [0.2, 0.25) is 0 Å². The zero-order valence-electron chi connectivity index (χ0n) is 13.9. The first-order valence-electron chi connectivity index (χ1n) is 8.33. The molecule has 2 heterocycles. The van der Waals surface area contributed by atoms with Crippen molar-refractivity contribution in [3.8, 4) is 0 Å². The minimum Gasteiger partial charge on any atom is -0.337 e. The van der Waals surface area contributed by atoms with Gasteiger partial charge in [-0.15, -0.1) is 11.3 Å². The van der Waals surface area contributed by atoms with Crippen LogP contribution in [0.3, 0.4) is 0 Å². The molecule has 6 nitrogen and oxygen atoms in total. The molecule has 0 aliphatic heterocycles. The van der Waals surface area contributed by atoms with Crippen LogP contribution in [-0.4, -0.2) is 27.3 Å². The monoisotopic (exact) mass is 345 g/mol. The van der Waals surface area contributed by atoms with Gasteiger partial charge in [0, 0.05) is 36.7 Å².